The minimum atomic E-state index is 0. The van der Waals surface area contributed by atoms with Gasteiger partial charge in [-0.1, -0.05) is 31.5 Å². The van der Waals surface area contributed by atoms with E-state index in [9.17, 15) is 0 Å². The molecular formula is C17H19ClN2S. The largest absolute Gasteiger partial charge is 0.340 e. The summed E-state index contributed by atoms with van der Waals surface area (Å²) in [6.07, 6.45) is 6.11. The number of anilines is 2. The summed E-state index contributed by atoms with van der Waals surface area (Å²) in [4.78, 5) is 6.53. The summed E-state index contributed by atoms with van der Waals surface area (Å²) >= 11 is 1.81. The van der Waals surface area contributed by atoms with Gasteiger partial charge in [0.2, 0.25) is 0 Å². The molecule has 4 heteroatoms. The van der Waals surface area contributed by atoms with Crippen LogP contribution in [0.5, 0.6) is 0 Å². The highest BCUT2D eigenvalue weighted by Crippen LogP contribution is 2.36. The smallest absolute Gasteiger partial charge is 0.0599 e. The fraction of sp³-hybridized carbons (Fsp3) is 0.235. The number of benzene rings is 1. The second-order valence-electron chi connectivity index (χ2n) is 4.83. The summed E-state index contributed by atoms with van der Waals surface area (Å²) in [5.74, 6) is 0. The van der Waals surface area contributed by atoms with Gasteiger partial charge in [0.05, 0.1) is 5.69 Å². The van der Waals surface area contributed by atoms with E-state index in [0.717, 1.165) is 6.54 Å². The van der Waals surface area contributed by atoms with E-state index in [2.05, 4.69) is 58.6 Å². The van der Waals surface area contributed by atoms with Gasteiger partial charge in [-0.25, -0.2) is 0 Å². The molecule has 0 saturated carbocycles. The van der Waals surface area contributed by atoms with Crippen molar-refractivity contribution >= 4 is 45.2 Å². The van der Waals surface area contributed by atoms with E-state index in [4.69, 9.17) is 0 Å². The Morgan fingerprint density at radius 1 is 1.10 bits per heavy atom. The Morgan fingerprint density at radius 2 is 1.86 bits per heavy atom. The van der Waals surface area contributed by atoms with Crippen LogP contribution in [0, 0.1) is 0 Å². The van der Waals surface area contributed by atoms with Crippen LogP contribution in [0.4, 0.5) is 11.4 Å². The van der Waals surface area contributed by atoms with Crippen LogP contribution < -0.4 is 4.90 Å². The third-order valence-corrected chi connectivity index (χ3v) is 4.41. The van der Waals surface area contributed by atoms with Crippen molar-refractivity contribution in [3.8, 4) is 0 Å². The molecule has 0 unspecified atom stereocenters. The second kappa shape index (κ2) is 7.43. The first-order valence-corrected chi connectivity index (χ1v) is 7.92. The molecule has 0 bridgehead atoms. The quantitative estimate of drug-likeness (QED) is 0.603. The minimum Gasteiger partial charge on any atom is -0.340 e. The molecule has 0 aliphatic carbocycles. The zero-order chi connectivity index (χ0) is 13.8. The molecule has 2 heterocycles. The van der Waals surface area contributed by atoms with Gasteiger partial charge in [0.1, 0.15) is 0 Å². The predicted molar refractivity (Wildman–Crippen MR) is 95.2 cm³/mol. The number of aromatic nitrogens is 1. The fourth-order valence-electron chi connectivity index (χ4n) is 2.40. The topological polar surface area (TPSA) is 16.1 Å². The summed E-state index contributed by atoms with van der Waals surface area (Å²) < 4.78 is 1.35. The molecule has 0 amide bonds. The van der Waals surface area contributed by atoms with Gasteiger partial charge in [0, 0.05) is 40.1 Å². The summed E-state index contributed by atoms with van der Waals surface area (Å²) in [6.45, 7) is 3.28. The predicted octanol–water partition coefficient (Wildman–Crippen LogP) is 5.66. The Morgan fingerprint density at radius 3 is 2.62 bits per heavy atom. The van der Waals surface area contributed by atoms with Gasteiger partial charge >= 0.3 is 0 Å². The van der Waals surface area contributed by atoms with Crippen LogP contribution in [0.3, 0.4) is 0 Å². The minimum absolute atomic E-state index is 0. The SMILES string of the molecule is CCCCN(c1ccncc1)c1csc2ccccc12.Cl. The number of pyridine rings is 1. The van der Waals surface area contributed by atoms with Gasteiger partial charge in [-0.15, -0.1) is 23.7 Å². The van der Waals surface area contributed by atoms with E-state index in [1.54, 1.807) is 0 Å². The van der Waals surface area contributed by atoms with Gasteiger partial charge < -0.3 is 4.90 Å². The standard InChI is InChI=1S/C17H18N2S.ClH/c1-2-3-12-19(14-8-10-18-11-9-14)16-13-20-17-7-5-4-6-15(16)17;/h4-11,13H,2-3,12H2,1H3;1H. The number of rotatable bonds is 5. The maximum absolute atomic E-state index is 4.13. The van der Waals surface area contributed by atoms with Crippen LogP contribution in [0.15, 0.2) is 54.2 Å². The van der Waals surface area contributed by atoms with Crippen LogP contribution in [0.1, 0.15) is 19.8 Å². The fourth-order valence-corrected chi connectivity index (χ4v) is 3.35. The maximum Gasteiger partial charge on any atom is 0.0599 e. The van der Waals surface area contributed by atoms with E-state index < -0.39 is 0 Å². The number of unbranched alkanes of at least 4 members (excludes halogenated alkanes) is 1. The number of nitrogens with zero attached hydrogens (tertiary/aromatic N) is 2. The number of fused-ring (bicyclic) bond motifs is 1. The number of hydrogen-bond acceptors (Lipinski definition) is 3. The molecule has 3 aromatic rings. The average Bonchev–Trinajstić information content (AvgIpc) is 2.93. The first-order chi connectivity index (χ1) is 9.90. The highest BCUT2D eigenvalue weighted by Gasteiger charge is 2.13. The lowest BCUT2D eigenvalue weighted by molar-refractivity contribution is 0.787. The molecular weight excluding hydrogens is 300 g/mol. The van der Waals surface area contributed by atoms with Gasteiger partial charge in [-0.05, 0) is 24.6 Å². The first kappa shape index (κ1) is 15.8. The molecule has 0 saturated heterocycles. The number of halogens is 1. The lowest BCUT2D eigenvalue weighted by atomic mass is 10.2. The third kappa shape index (κ3) is 3.36. The lowest BCUT2D eigenvalue weighted by Gasteiger charge is -2.24. The number of thiophene rings is 1. The van der Waals surface area contributed by atoms with Crippen molar-refractivity contribution in [3.05, 3.63) is 54.2 Å². The second-order valence-corrected chi connectivity index (χ2v) is 5.74. The molecule has 0 radical (unpaired) electrons. The van der Waals surface area contributed by atoms with Crippen molar-refractivity contribution in [1.29, 1.82) is 0 Å². The van der Waals surface area contributed by atoms with Gasteiger partial charge in [0.25, 0.3) is 0 Å². The zero-order valence-corrected chi connectivity index (χ0v) is 13.7. The molecule has 21 heavy (non-hydrogen) atoms. The molecule has 110 valence electrons. The van der Waals surface area contributed by atoms with Crippen LogP contribution in [-0.4, -0.2) is 11.5 Å². The molecule has 0 aliphatic rings. The monoisotopic (exact) mass is 318 g/mol. The van der Waals surface area contributed by atoms with Crippen molar-refractivity contribution in [3.63, 3.8) is 0 Å². The maximum atomic E-state index is 4.13. The van der Waals surface area contributed by atoms with E-state index in [-0.39, 0.29) is 12.4 Å². The third-order valence-electron chi connectivity index (χ3n) is 3.46. The Labute approximate surface area is 135 Å². The van der Waals surface area contributed by atoms with Crippen molar-refractivity contribution in [1.82, 2.24) is 4.98 Å². The van der Waals surface area contributed by atoms with Crippen LogP contribution >= 0.6 is 23.7 Å². The normalized spacial score (nSPS) is 10.3. The highest BCUT2D eigenvalue weighted by atomic mass is 35.5. The Balaban J connectivity index is 0.00000161. The molecule has 2 aromatic heterocycles. The zero-order valence-electron chi connectivity index (χ0n) is 12.0. The molecule has 1 aromatic carbocycles. The van der Waals surface area contributed by atoms with Gasteiger partial charge in [-0.2, -0.15) is 0 Å². The van der Waals surface area contributed by atoms with E-state index >= 15 is 0 Å². The van der Waals surface area contributed by atoms with Crippen molar-refractivity contribution in [2.75, 3.05) is 11.4 Å². The van der Waals surface area contributed by atoms with Crippen LogP contribution in [0.2, 0.25) is 0 Å². The Kier molecular flexibility index (Phi) is 5.59. The van der Waals surface area contributed by atoms with Crippen molar-refractivity contribution < 1.29 is 0 Å². The molecule has 2 nitrogen and oxygen atoms in total. The lowest BCUT2D eigenvalue weighted by Crippen LogP contribution is -2.17. The number of hydrogen-bond donors (Lipinski definition) is 0. The highest BCUT2D eigenvalue weighted by molar-refractivity contribution is 7.17. The Bertz CT molecular complexity index is 681. The summed E-state index contributed by atoms with van der Waals surface area (Å²) in [5.41, 5.74) is 2.53. The van der Waals surface area contributed by atoms with Crippen molar-refractivity contribution in [2.24, 2.45) is 0 Å². The molecule has 3 rings (SSSR count). The molecule has 0 spiro atoms. The van der Waals surface area contributed by atoms with Crippen molar-refractivity contribution in [2.45, 2.75) is 19.8 Å². The molecule has 0 N–H and O–H groups in total. The molecule has 0 atom stereocenters. The van der Waals surface area contributed by atoms with E-state index in [1.807, 2.05) is 23.7 Å². The summed E-state index contributed by atoms with van der Waals surface area (Å²) in [5, 5.41) is 3.60. The van der Waals surface area contributed by atoms with E-state index in [0.29, 0.717) is 0 Å². The summed E-state index contributed by atoms with van der Waals surface area (Å²) in [6, 6.07) is 12.8. The Hall–Kier alpha value is -1.58. The van der Waals surface area contributed by atoms with E-state index in [1.165, 1.54) is 34.3 Å². The van der Waals surface area contributed by atoms with Crippen LogP contribution in [-0.2, 0) is 0 Å². The molecule has 0 aliphatic heterocycles. The van der Waals surface area contributed by atoms with Gasteiger partial charge in [0.15, 0.2) is 0 Å². The van der Waals surface area contributed by atoms with Gasteiger partial charge in [-0.3, -0.25) is 4.98 Å². The molecule has 0 fully saturated rings. The average molecular weight is 319 g/mol. The van der Waals surface area contributed by atoms with Crippen LogP contribution in [0.25, 0.3) is 10.1 Å². The first-order valence-electron chi connectivity index (χ1n) is 7.04. The summed E-state index contributed by atoms with van der Waals surface area (Å²) in [7, 11) is 0.